The highest BCUT2D eigenvalue weighted by atomic mass is 32.2. The average Bonchev–Trinajstić information content (AvgIpc) is 2.44. The SMILES string of the molecule is C[C@H](Sc1nc(N)nc(N)n1)C(=O)NCc1ccccc1. The van der Waals surface area contributed by atoms with Crippen molar-refractivity contribution in [3.63, 3.8) is 0 Å². The van der Waals surface area contributed by atoms with Crippen LogP contribution in [-0.4, -0.2) is 26.1 Å². The first-order valence-corrected chi connectivity index (χ1v) is 7.18. The van der Waals surface area contributed by atoms with Crippen LogP contribution in [0.2, 0.25) is 0 Å². The molecule has 110 valence electrons. The van der Waals surface area contributed by atoms with E-state index in [4.69, 9.17) is 11.5 Å². The molecule has 1 amide bonds. The number of amides is 1. The van der Waals surface area contributed by atoms with Gasteiger partial charge in [0.05, 0.1) is 5.25 Å². The van der Waals surface area contributed by atoms with Gasteiger partial charge in [0.1, 0.15) is 0 Å². The first-order chi connectivity index (χ1) is 10.0. The Morgan fingerprint density at radius 3 is 2.43 bits per heavy atom. The zero-order valence-corrected chi connectivity index (χ0v) is 12.3. The molecule has 0 aliphatic heterocycles. The van der Waals surface area contributed by atoms with E-state index in [1.807, 2.05) is 30.3 Å². The van der Waals surface area contributed by atoms with E-state index in [2.05, 4.69) is 20.3 Å². The Labute approximate surface area is 126 Å². The summed E-state index contributed by atoms with van der Waals surface area (Å²) in [5.74, 6) is -0.0230. The summed E-state index contributed by atoms with van der Waals surface area (Å²) in [5, 5.41) is 2.82. The van der Waals surface area contributed by atoms with Crippen molar-refractivity contribution in [2.24, 2.45) is 0 Å². The lowest BCUT2D eigenvalue weighted by Gasteiger charge is -2.11. The highest BCUT2D eigenvalue weighted by Gasteiger charge is 2.16. The Hall–Kier alpha value is -2.35. The van der Waals surface area contributed by atoms with Gasteiger partial charge < -0.3 is 16.8 Å². The number of nitrogens with two attached hydrogens (primary N) is 2. The summed E-state index contributed by atoms with van der Waals surface area (Å²) in [4.78, 5) is 23.6. The smallest absolute Gasteiger partial charge is 0.233 e. The molecular weight excluding hydrogens is 288 g/mol. The van der Waals surface area contributed by atoms with Crippen molar-refractivity contribution in [1.82, 2.24) is 20.3 Å². The number of hydrogen-bond donors (Lipinski definition) is 3. The fraction of sp³-hybridized carbons (Fsp3) is 0.231. The number of nitrogens with zero attached hydrogens (tertiary/aromatic N) is 3. The van der Waals surface area contributed by atoms with Crippen LogP contribution in [0.15, 0.2) is 35.5 Å². The van der Waals surface area contributed by atoms with Gasteiger partial charge in [-0.25, -0.2) is 0 Å². The van der Waals surface area contributed by atoms with Gasteiger partial charge in [0.25, 0.3) is 0 Å². The maximum absolute atomic E-state index is 12.0. The van der Waals surface area contributed by atoms with E-state index >= 15 is 0 Å². The summed E-state index contributed by atoms with van der Waals surface area (Å²) < 4.78 is 0. The Balaban J connectivity index is 1.90. The number of thioether (sulfide) groups is 1. The third kappa shape index (κ3) is 4.60. The number of hydrogen-bond acceptors (Lipinski definition) is 7. The van der Waals surface area contributed by atoms with Gasteiger partial charge in [-0.15, -0.1) is 0 Å². The zero-order chi connectivity index (χ0) is 15.2. The van der Waals surface area contributed by atoms with Crippen molar-refractivity contribution in [1.29, 1.82) is 0 Å². The van der Waals surface area contributed by atoms with Crippen LogP contribution in [0, 0.1) is 0 Å². The van der Waals surface area contributed by atoms with Gasteiger partial charge in [0.15, 0.2) is 5.16 Å². The molecular formula is C13H16N6OS. The second kappa shape index (κ2) is 6.89. The van der Waals surface area contributed by atoms with Gasteiger partial charge in [-0.1, -0.05) is 42.1 Å². The van der Waals surface area contributed by atoms with Gasteiger partial charge in [-0.05, 0) is 12.5 Å². The first kappa shape index (κ1) is 15.0. The molecule has 0 unspecified atom stereocenters. The fourth-order valence-electron chi connectivity index (χ4n) is 1.58. The van der Waals surface area contributed by atoms with Crippen LogP contribution in [0.25, 0.3) is 0 Å². The third-order valence-electron chi connectivity index (χ3n) is 2.61. The molecule has 1 heterocycles. The fourth-order valence-corrected chi connectivity index (χ4v) is 2.38. The molecule has 7 nitrogen and oxygen atoms in total. The molecule has 5 N–H and O–H groups in total. The van der Waals surface area contributed by atoms with Gasteiger partial charge >= 0.3 is 0 Å². The number of rotatable bonds is 5. The van der Waals surface area contributed by atoms with Gasteiger partial charge in [0.2, 0.25) is 17.8 Å². The molecule has 8 heteroatoms. The van der Waals surface area contributed by atoms with Crippen molar-refractivity contribution in [2.45, 2.75) is 23.9 Å². The Morgan fingerprint density at radius 1 is 1.19 bits per heavy atom. The van der Waals surface area contributed by atoms with Crippen molar-refractivity contribution >= 4 is 29.6 Å². The lowest BCUT2D eigenvalue weighted by Crippen LogP contribution is -2.30. The van der Waals surface area contributed by atoms with E-state index in [9.17, 15) is 4.79 Å². The Morgan fingerprint density at radius 2 is 1.81 bits per heavy atom. The number of benzene rings is 1. The normalized spacial score (nSPS) is 11.9. The molecule has 0 aliphatic rings. The van der Waals surface area contributed by atoms with Crippen molar-refractivity contribution in [3.05, 3.63) is 35.9 Å². The molecule has 21 heavy (non-hydrogen) atoms. The van der Waals surface area contributed by atoms with E-state index in [1.54, 1.807) is 6.92 Å². The number of nitrogen functional groups attached to an aromatic ring is 2. The lowest BCUT2D eigenvalue weighted by atomic mass is 10.2. The van der Waals surface area contributed by atoms with Crippen LogP contribution in [0.5, 0.6) is 0 Å². The third-order valence-corrected chi connectivity index (χ3v) is 3.57. The first-order valence-electron chi connectivity index (χ1n) is 6.30. The Bertz CT molecular complexity index is 601. The molecule has 1 atom stereocenters. The zero-order valence-electron chi connectivity index (χ0n) is 11.5. The molecule has 0 saturated heterocycles. The number of carbonyl (C=O) groups excluding carboxylic acids is 1. The van der Waals surface area contributed by atoms with E-state index in [-0.39, 0.29) is 23.1 Å². The van der Waals surface area contributed by atoms with Crippen LogP contribution in [0.3, 0.4) is 0 Å². The minimum absolute atomic E-state index is 0.0434. The molecule has 0 radical (unpaired) electrons. The van der Waals surface area contributed by atoms with Crippen molar-refractivity contribution < 1.29 is 4.79 Å². The largest absolute Gasteiger partial charge is 0.368 e. The van der Waals surface area contributed by atoms with E-state index < -0.39 is 0 Å². The Kier molecular flexibility index (Phi) is 4.94. The predicted molar refractivity (Wildman–Crippen MR) is 82.3 cm³/mol. The van der Waals surface area contributed by atoms with Crippen LogP contribution >= 0.6 is 11.8 Å². The molecule has 0 aliphatic carbocycles. The molecule has 0 fully saturated rings. The van der Waals surface area contributed by atoms with Crippen LogP contribution in [0.1, 0.15) is 12.5 Å². The van der Waals surface area contributed by atoms with Gasteiger partial charge in [0, 0.05) is 6.54 Å². The number of nitrogens with one attached hydrogen (secondary N) is 1. The standard InChI is InChI=1S/C13H16N6OS/c1-8(21-13-18-11(14)17-12(15)19-13)10(20)16-7-9-5-3-2-4-6-9/h2-6,8H,7H2,1H3,(H,16,20)(H4,14,15,17,18,19)/t8-/m0/s1. The summed E-state index contributed by atoms with van der Waals surface area (Å²) in [6.45, 7) is 2.24. The molecule has 1 aromatic heterocycles. The minimum atomic E-state index is -0.366. The summed E-state index contributed by atoms with van der Waals surface area (Å²) in [6.07, 6.45) is 0. The predicted octanol–water partition coefficient (Wildman–Crippen LogP) is 0.833. The number of anilines is 2. The summed E-state index contributed by atoms with van der Waals surface area (Å²) in [7, 11) is 0. The van der Waals surface area contributed by atoms with Crippen LogP contribution < -0.4 is 16.8 Å². The molecule has 0 bridgehead atoms. The summed E-state index contributed by atoms with van der Waals surface area (Å²) >= 11 is 1.18. The van der Waals surface area contributed by atoms with Crippen LogP contribution in [0.4, 0.5) is 11.9 Å². The maximum Gasteiger partial charge on any atom is 0.233 e. The second-order valence-corrected chi connectivity index (χ2v) is 5.61. The van der Waals surface area contributed by atoms with E-state index in [1.165, 1.54) is 11.8 Å². The van der Waals surface area contributed by atoms with E-state index in [0.29, 0.717) is 11.7 Å². The topological polar surface area (TPSA) is 120 Å². The summed E-state index contributed by atoms with van der Waals surface area (Å²) in [5.41, 5.74) is 12.0. The van der Waals surface area contributed by atoms with Gasteiger partial charge in [-0.2, -0.15) is 15.0 Å². The molecule has 2 aromatic rings. The lowest BCUT2D eigenvalue weighted by molar-refractivity contribution is -0.120. The quantitative estimate of drug-likeness (QED) is 0.700. The average molecular weight is 304 g/mol. The molecule has 1 aromatic carbocycles. The highest BCUT2D eigenvalue weighted by Crippen LogP contribution is 2.20. The molecule has 2 rings (SSSR count). The second-order valence-electron chi connectivity index (χ2n) is 4.30. The minimum Gasteiger partial charge on any atom is -0.368 e. The summed E-state index contributed by atoms with van der Waals surface area (Å²) in [6, 6.07) is 9.68. The number of aromatic nitrogens is 3. The maximum atomic E-state index is 12.0. The molecule has 0 spiro atoms. The molecule has 0 saturated carbocycles. The highest BCUT2D eigenvalue weighted by molar-refractivity contribution is 8.00. The van der Waals surface area contributed by atoms with Crippen molar-refractivity contribution in [3.8, 4) is 0 Å². The van der Waals surface area contributed by atoms with Gasteiger partial charge in [-0.3, -0.25) is 4.79 Å². The van der Waals surface area contributed by atoms with E-state index in [0.717, 1.165) is 5.56 Å². The van der Waals surface area contributed by atoms with Crippen LogP contribution in [-0.2, 0) is 11.3 Å². The monoisotopic (exact) mass is 304 g/mol. The van der Waals surface area contributed by atoms with Crippen molar-refractivity contribution in [2.75, 3.05) is 11.5 Å². The number of carbonyl (C=O) groups is 1.